The second-order valence-corrected chi connectivity index (χ2v) is 17.5. The SMILES string of the molecule is CN(C)c1cccc2c(S(=O)(=O)N(C)CC(O)N(Cc3ccc(C4CCCCC4)cc3)c3ccc(C(=O)OCc4ccccc4)c(OCc4ccccc4)c3)cccc12. The third-order valence-electron chi connectivity index (χ3n) is 11.2. The van der Waals surface area contributed by atoms with Crippen molar-refractivity contribution in [2.45, 2.75) is 68.9 Å². The number of esters is 1. The summed E-state index contributed by atoms with van der Waals surface area (Å²) in [5, 5.41) is 13.6. The third-order valence-corrected chi connectivity index (χ3v) is 13.1. The minimum absolute atomic E-state index is 0.0925. The maximum atomic E-state index is 14.3. The quantitative estimate of drug-likeness (QED) is 0.0763. The number of aliphatic hydroxyl groups excluding tert-OH is 1. The van der Waals surface area contributed by atoms with Crippen LogP contribution in [0.3, 0.4) is 0 Å². The second kappa shape index (κ2) is 18.9. The normalized spacial score (nSPS) is 13.9. The highest BCUT2D eigenvalue weighted by molar-refractivity contribution is 7.89. The molecule has 0 amide bonds. The molecule has 0 aliphatic heterocycles. The van der Waals surface area contributed by atoms with E-state index >= 15 is 0 Å². The average Bonchev–Trinajstić information content (AvgIpc) is 3.27. The van der Waals surface area contributed by atoms with Crippen LogP contribution < -0.4 is 14.5 Å². The fourth-order valence-corrected chi connectivity index (χ4v) is 9.26. The number of likely N-dealkylation sites (N-methyl/N-ethyl adjacent to an activating group) is 1. The highest BCUT2D eigenvalue weighted by Crippen LogP contribution is 2.35. The summed E-state index contributed by atoms with van der Waals surface area (Å²) in [5.41, 5.74) is 5.71. The van der Waals surface area contributed by atoms with Crippen LogP contribution in [0.1, 0.15) is 70.6 Å². The summed E-state index contributed by atoms with van der Waals surface area (Å²) in [6, 6.07) is 43.7. The molecule has 1 unspecified atom stereocenters. The number of rotatable bonds is 16. The van der Waals surface area contributed by atoms with Gasteiger partial charge in [-0.25, -0.2) is 13.2 Å². The van der Waals surface area contributed by atoms with E-state index in [4.69, 9.17) is 9.47 Å². The van der Waals surface area contributed by atoms with E-state index in [1.165, 1.54) is 49.0 Å². The molecule has 0 saturated heterocycles. The Hall–Kier alpha value is -5.68. The molecule has 1 N–H and O–H groups in total. The monoisotopic (exact) mass is 811 g/mol. The van der Waals surface area contributed by atoms with Crippen molar-refractivity contribution in [3.05, 3.63) is 167 Å². The number of hydrogen-bond acceptors (Lipinski definition) is 8. The maximum Gasteiger partial charge on any atom is 0.342 e. The van der Waals surface area contributed by atoms with Crippen molar-refractivity contribution >= 4 is 38.1 Å². The van der Waals surface area contributed by atoms with Gasteiger partial charge in [0.1, 0.15) is 30.8 Å². The Morgan fingerprint density at radius 3 is 2.03 bits per heavy atom. The summed E-state index contributed by atoms with van der Waals surface area (Å²) >= 11 is 0. The largest absolute Gasteiger partial charge is 0.488 e. The van der Waals surface area contributed by atoms with Gasteiger partial charge in [0.15, 0.2) is 0 Å². The number of sulfonamides is 1. The molecule has 306 valence electrons. The molecule has 1 aliphatic rings. The number of nitrogens with zero attached hydrogens (tertiary/aromatic N) is 3. The van der Waals surface area contributed by atoms with Crippen LogP contribution in [0.2, 0.25) is 0 Å². The van der Waals surface area contributed by atoms with Crippen molar-refractivity contribution in [1.29, 1.82) is 0 Å². The van der Waals surface area contributed by atoms with Crippen molar-refractivity contribution in [1.82, 2.24) is 4.31 Å². The number of aliphatic hydroxyl groups is 1. The first-order chi connectivity index (χ1) is 28.6. The lowest BCUT2D eigenvalue weighted by molar-refractivity contribution is 0.0467. The highest BCUT2D eigenvalue weighted by atomic mass is 32.2. The summed E-state index contributed by atoms with van der Waals surface area (Å²) in [5.74, 6) is 0.273. The topological polar surface area (TPSA) is 99.6 Å². The number of hydrogen-bond donors (Lipinski definition) is 1. The molecule has 0 bridgehead atoms. The van der Waals surface area contributed by atoms with Crippen LogP contribution in [0.15, 0.2) is 144 Å². The minimum Gasteiger partial charge on any atom is -0.488 e. The lowest BCUT2D eigenvalue weighted by Crippen LogP contribution is -2.44. The first-order valence-corrected chi connectivity index (χ1v) is 21.7. The van der Waals surface area contributed by atoms with E-state index in [2.05, 4.69) is 24.3 Å². The van der Waals surface area contributed by atoms with Gasteiger partial charge in [-0.05, 0) is 65.3 Å². The molecule has 0 spiro atoms. The van der Waals surface area contributed by atoms with Crippen LogP contribution in [0.4, 0.5) is 11.4 Å². The number of benzene rings is 6. The molecule has 10 heteroatoms. The van der Waals surface area contributed by atoms with Gasteiger partial charge in [-0.2, -0.15) is 4.31 Å². The first kappa shape index (κ1) is 41.5. The van der Waals surface area contributed by atoms with Gasteiger partial charge in [0, 0.05) is 55.9 Å². The zero-order valence-corrected chi connectivity index (χ0v) is 34.9. The Labute approximate surface area is 348 Å². The summed E-state index contributed by atoms with van der Waals surface area (Å²) in [4.78, 5) is 17.5. The van der Waals surface area contributed by atoms with E-state index in [1.807, 2.05) is 104 Å². The Morgan fingerprint density at radius 2 is 1.36 bits per heavy atom. The summed E-state index contributed by atoms with van der Waals surface area (Å²) in [6.45, 7) is 0.301. The van der Waals surface area contributed by atoms with E-state index in [-0.39, 0.29) is 42.5 Å². The van der Waals surface area contributed by atoms with E-state index in [1.54, 1.807) is 35.2 Å². The van der Waals surface area contributed by atoms with Crippen molar-refractivity contribution in [2.24, 2.45) is 0 Å². The van der Waals surface area contributed by atoms with Crippen LogP contribution >= 0.6 is 0 Å². The van der Waals surface area contributed by atoms with Crippen molar-refractivity contribution in [2.75, 3.05) is 37.5 Å². The Kier molecular flexibility index (Phi) is 13.3. The number of ether oxygens (including phenoxy) is 2. The lowest BCUT2D eigenvalue weighted by Gasteiger charge is -2.33. The highest BCUT2D eigenvalue weighted by Gasteiger charge is 2.29. The molecule has 6 aromatic rings. The molecule has 7 rings (SSSR count). The molecule has 9 nitrogen and oxygen atoms in total. The Bertz CT molecular complexity index is 2440. The molecule has 1 saturated carbocycles. The third kappa shape index (κ3) is 9.96. The molecule has 0 aromatic heterocycles. The standard InChI is InChI=1S/C49H53N3O6S/c1-50(2)45-23-13-22-43-42(45)21-14-24-47(43)59(55,56)51(3)33-48(53)52(32-36-25-27-40(28-26-36)39-19-11-6-12-20-39)41-29-30-44(49(54)58-35-38-17-9-5-10-18-38)46(31-41)57-34-37-15-7-4-8-16-37/h4-5,7-10,13-18,21-31,39,48,53H,6,11-12,19-20,32-35H2,1-3H3. The molecule has 1 fully saturated rings. The zero-order valence-electron chi connectivity index (χ0n) is 34.0. The maximum absolute atomic E-state index is 14.3. The molecular formula is C49H53N3O6S. The number of fused-ring (bicyclic) bond motifs is 1. The van der Waals surface area contributed by atoms with Crippen LogP contribution in [0, 0.1) is 0 Å². The van der Waals surface area contributed by atoms with Crippen molar-refractivity contribution < 1.29 is 27.8 Å². The zero-order chi connectivity index (χ0) is 41.4. The Morgan fingerprint density at radius 1 is 0.712 bits per heavy atom. The summed E-state index contributed by atoms with van der Waals surface area (Å²) in [7, 11) is 1.28. The number of carbonyl (C=O) groups excluding carboxylic acids is 1. The second-order valence-electron chi connectivity index (χ2n) is 15.5. The molecule has 59 heavy (non-hydrogen) atoms. The van der Waals surface area contributed by atoms with Gasteiger partial charge in [-0.3, -0.25) is 0 Å². The smallest absolute Gasteiger partial charge is 0.342 e. The van der Waals surface area contributed by atoms with Gasteiger partial charge < -0.3 is 24.4 Å². The van der Waals surface area contributed by atoms with Gasteiger partial charge in [-0.1, -0.05) is 128 Å². The molecule has 1 aliphatic carbocycles. The number of anilines is 2. The van der Waals surface area contributed by atoms with Crippen LogP contribution in [-0.2, 0) is 34.5 Å². The van der Waals surface area contributed by atoms with Gasteiger partial charge in [0.25, 0.3) is 0 Å². The lowest BCUT2D eigenvalue weighted by atomic mass is 9.84. The van der Waals surface area contributed by atoms with Crippen molar-refractivity contribution in [3.8, 4) is 5.75 Å². The van der Waals surface area contributed by atoms with Crippen LogP contribution in [0.5, 0.6) is 5.75 Å². The predicted octanol–water partition coefficient (Wildman–Crippen LogP) is 9.54. The molecule has 0 heterocycles. The van der Waals surface area contributed by atoms with Gasteiger partial charge >= 0.3 is 5.97 Å². The van der Waals surface area contributed by atoms with Crippen LogP contribution in [0.25, 0.3) is 10.8 Å². The van der Waals surface area contributed by atoms with Crippen LogP contribution in [-0.4, -0.2) is 57.7 Å². The fraction of sp³-hybridized carbons (Fsp3) is 0.286. The summed E-state index contributed by atoms with van der Waals surface area (Å²) in [6.07, 6.45) is 4.84. The van der Waals surface area contributed by atoms with E-state index in [0.717, 1.165) is 27.8 Å². The number of carbonyl (C=O) groups is 1. The van der Waals surface area contributed by atoms with E-state index < -0.39 is 22.2 Å². The first-order valence-electron chi connectivity index (χ1n) is 20.3. The summed E-state index contributed by atoms with van der Waals surface area (Å²) < 4.78 is 42.0. The van der Waals surface area contributed by atoms with E-state index in [0.29, 0.717) is 17.0 Å². The molecular weight excluding hydrogens is 759 g/mol. The molecule has 1 atom stereocenters. The molecule has 0 radical (unpaired) electrons. The van der Waals surface area contributed by atoms with Gasteiger partial charge in [0.2, 0.25) is 10.0 Å². The van der Waals surface area contributed by atoms with Gasteiger partial charge in [-0.15, -0.1) is 0 Å². The minimum atomic E-state index is -4.06. The van der Waals surface area contributed by atoms with E-state index in [9.17, 15) is 18.3 Å². The average molecular weight is 812 g/mol. The predicted molar refractivity (Wildman–Crippen MR) is 235 cm³/mol. The Balaban J connectivity index is 1.21. The molecule has 6 aromatic carbocycles. The fourth-order valence-electron chi connectivity index (χ4n) is 7.88. The van der Waals surface area contributed by atoms with Crippen molar-refractivity contribution in [3.63, 3.8) is 0 Å². The van der Waals surface area contributed by atoms with Gasteiger partial charge in [0.05, 0.1) is 11.4 Å².